The van der Waals surface area contributed by atoms with Gasteiger partial charge in [0.15, 0.2) is 0 Å². The second-order valence-corrected chi connectivity index (χ2v) is 6.29. The van der Waals surface area contributed by atoms with Crippen LogP contribution in [0.2, 0.25) is 0 Å². The summed E-state index contributed by atoms with van der Waals surface area (Å²) in [6, 6.07) is 8.56. The van der Waals surface area contributed by atoms with Crippen LogP contribution in [0.15, 0.2) is 24.3 Å². The number of aryl methyl sites for hydroxylation is 1. The normalized spacial score (nSPS) is 24.1. The first-order valence-electron chi connectivity index (χ1n) is 7.66. The van der Waals surface area contributed by atoms with E-state index >= 15 is 0 Å². The summed E-state index contributed by atoms with van der Waals surface area (Å²) >= 11 is 0. The smallest absolute Gasteiger partial charge is 0.249 e. The van der Waals surface area contributed by atoms with Crippen LogP contribution >= 0.6 is 0 Å². The standard InChI is InChI=1S/C17H23NO2/c1-13-5-4-6-14(11-13)12-17(8-9-17)18-16(19)15-7-2-3-10-20-15/h4-6,11,15H,2-3,7-10,12H2,1H3,(H,18,19). The molecule has 0 radical (unpaired) electrons. The van der Waals surface area contributed by atoms with E-state index in [0.717, 1.165) is 45.1 Å². The lowest BCUT2D eigenvalue weighted by atomic mass is 10.0. The number of carbonyl (C=O) groups excluding carboxylic acids is 1. The van der Waals surface area contributed by atoms with E-state index in [-0.39, 0.29) is 17.6 Å². The van der Waals surface area contributed by atoms with Gasteiger partial charge in [-0.3, -0.25) is 4.79 Å². The van der Waals surface area contributed by atoms with Crippen molar-refractivity contribution in [2.45, 2.75) is 57.1 Å². The van der Waals surface area contributed by atoms with Gasteiger partial charge in [-0.25, -0.2) is 0 Å². The maximum Gasteiger partial charge on any atom is 0.249 e. The van der Waals surface area contributed by atoms with Crippen LogP contribution in [0.4, 0.5) is 0 Å². The highest BCUT2D eigenvalue weighted by molar-refractivity contribution is 5.82. The maximum atomic E-state index is 12.3. The second kappa shape index (κ2) is 5.57. The molecule has 1 aliphatic carbocycles. The van der Waals surface area contributed by atoms with Crippen LogP contribution in [0.5, 0.6) is 0 Å². The van der Waals surface area contributed by atoms with Crippen LogP contribution in [0.25, 0.3) is 0 Å². The topological polar surface area (TPSA) is 38.3 Å². The number of rotatable bonds is 4. The summed E-state index contributed by atoms with van der Waals surface area (Å²) < 4.78 is 5.57. The van der Waals surface area contributed by atoms with Gasteiger partial charge in [0.05, 0.1) is 0 Å². The summed E-state index contributed by atoms with van der Waals surface area (Å²) in [5.41, 5.74) is 2.58. The van der Waals surface area contributed by atoms with E-state index in [1.165, 1.54) is 11.1 Å². The molecule has 1 unspecified atom stereocenters. The molecule has 0 bridgehead atoms. The maximum absolute atomic E-state index is 12.3. The summed E-state index contributed by atoms with van der Waals surface area (Å²) in [6.07, 6.45) is 5.93. The minimum atomic E-state index is -0.223. The van der Waals surface area contributed by atoms with Crippen LogP contribution < -0.4 is 5.32 Å². The van der Waals surface area contributed by atoms with Crippen LogP contribution in [0.1, 0.15) is 43.2 Å². The Morgan fingerprint density at radius 1 is 1.40 bits per heavy atom. The first-order valence-corrected chi connectivity index (χ1v) is 7.66. The number of carbonyl (C=O) groups is 1. The van der Waals surface area contributed by atoms with E-state index in [4.69, 9.17) is 4.74 Å². The molecule has 1 aromatic rings. The summed E-state index contributed by atoms with van der Waals surface area (Å²) in [5.74, 6) is 0.0925. The van der Waals surface area contributed by atoms with Crippen molar-refractivity contribution in [3.8, 4) is 0 Å². The molecule has 0 spiro atoms. The van der Waals surface area contributed by atoms with E-state index in [2.05, 4.69) is 36.5 Å². The number of nitrogens with one attached hydrogen (secondary N) is 1. The minimum Gasteiger partial charge on any atom is -0.368 e. The van der Waals surface area contributed by atoms with Crippen LogP contribution in [0, 0.1) is 6.92 Å². The van der Waals surface area contributed by atoms with E-state index in [9.17, 15) is 4.79 Å². The van der Waals surface area contributed by atoms with Crippen molar-refractivity contribution in [1.82, 2.24) is 5.32 Å². The molecule has 3 rings (SSSR count). The highest BCUT2D eigenvalue weighted by Gasteiger charge is 2.45. The molecule has 1 amide bonds. The third-order valence-electron chi connectivity index (χ3n) is 4.34. The quantitative estimate of drug-likeness (QED) is 0.916. The Bertz CT molecular complexity index is 488. The molecule has 1 heterocycles. The predicted molar refractivity (Wildman–Crippen MR) is 78.6 cm³/mol. The zero-order valence-corrected chi connectivity index (χ0v) is 12.2. The fourth-order valence-electron chi connectivity index (χ4n) is 3.00. The van der Waals surface area contributed by atoms with E-state index in [1.807, 2.05) is 0 Å². The highest BCUT2D eigenvalue weighted by atomic mass is 16.5. The van der Waals surface area contributed by atoms with E-state index < -0.39 is 0 Å². The van der Waals surface area contributed by atoms with Crippen molar-refractivity contribution in [3.05, 3.63) is 35.4 Å². The molecule has 1 aromatic carbocycles. The van der Waals surface area contributed by atoms with E-state index in [0.29, 0.717) is 0 Å². The van der Waals surface area contributed by atoms with Crippen molar-refractivity contribution in [1.29, 1.82) is 0 Å². The number of benzene rings is 1. The van der Waals surface area contributed by atoms with Crippen LogP contribution in [-0.2, 0) is 16.0 Å². The Morgan fingerprint density at radius 2 is 2.25 bits per heavy atom. The third kappa shape index (κ3) is 3.21. The average Bonchev–Trinajstić information content (AvgIpc) is 3.19. The van der Waals surface area contributed by atoms with Crippen molar-refractivity contribution in [2.24, 2.45) is 0 Å². The first-order chi connectivity index (χ1) is 9.67. The molecule has 3 nitrogen and oxygen atoms in total. The van der Waals surface area contributed by atoms with E-state index in [1.54, 1.807) is 0 Å². The van der Waals surface area contributed by atoms with Crippen LogP contribution in [0.3, 0.4) is 0 Å². The van der Waals surface area contributed by atoms with Gasteiger partial charge in [-0.1, -0.05) is 29.8 Å². The monoisotopic (exact) mass is 273 g/mol. The van der Waals surface area contributed by atoms with Gasteiger partial charge < -0.3 is 10.1 Å². The summed E-state index contributed by atoms with van der Waals surface area (Å²) in [4.78, 5) is 12.3. The molecule has 108 valence electrons. The van der Waals surface area contributed by atoms with Crippen molar-refractivity contribution in [3.63, 3.8) is 0 Å². The fourth-order valence-corrected chi connectivity index (χ4v) is 3.00. The lowest BCUT2D eigenvalue weighted by Gasteiger charge is -2.25. The molecule has 2 aliphatic rings. The predicted octanol–water partition coefficient (Wildman–Crippen LogP) is 2.76. The molecule has 1 aliphatic heterocycles. The molecule has 3 heteroatoms. The number of ether oxygens (including phenoxy) is 1. The molecular weight excluding hydrogens is 250 g/mol. The Labute approximate surface area is 120 Å². The van der Waals surface area contributed by atoms with Crippen molar-refractivity contribution in [2.75, 3.05) is 6.61 Å². The van der Waals surface area contributed by atoms with Gasteiger partial charge in [-0.2, -0.15) is 0 Å². The number of amides is 1. The van der Waals surface area contributed by atoms with Crippen LogP contribution in [-0.4, -0.2) is 24.2 Å². The van der Waals surface area contributed by atoms with Gasteiger partial charge in [-0.15, -0.1) is 0 Å². The van der Waals surface area contributed by atoms with Gasteiger partial charge in [-0.05, 0) is 51.0 Å². The highest BCUT2D eigenvalue weighted by Crippen LogP contribution is 2.39. The Balaban J connectivity index is 1.60. The molecule has 1 saturated heterocycles. The Morgan fingerprint density at radius 3 is 2.90 bits per heavy atom. The lowest BCUT2D eigenvalue weighted by molar-refractivity contribution is -0.136. The molecule has 1 saturated carbocycles. The summed E-state index contributed by atoms with van der Waals surface area (Å²) in [7, 11) is 0. The molecule has 1 N–H and O–H groups in total. The minimum absolute atomic E-state index is 0.00825. The van der Waals surface area contributed by atoms with Gasteiger partial charge in [0, 0.05) is 12.1 Å². The number of hydrogen-bond donors (Lipinski definition) is 1. The molecule has 2 fully saturated rings. The SMILES string of the molecule is Cc1cccc(CC2(NC(=O)C3CCCCO3)CC2)c1. The van der Waals surface area contributed by atoms with Crippen molar-refractivity contribution >= 4 is 5.91 Å². The van der Waals surface area contributed by atoms with Gasteiger partial charge in [0.2, 0.25) is 5.91 Å². The van der Waals surface area contributed by atoms with Gasteiger partial charge >= 0.3 is 0 Å². The lowest BCUT2D eigenvalue weighted by Crippen LogP contribution is -2.46. The first kappa shape index (κ1) is 13.6. The summed E-state index contributed by atoms with van der Waals surface area (Å²) in [6.45, 7) is 2.83. The van der Waals surface area contributed by atoms with Gasteiger partial charge in [0.25, 0.3) is 0 Å². The zero-order valence-electron chi connectivity index (χ0n) is 12.2. The molecular formula is C17H23NO2. The van der Waals surface area contributed by atoms with Gasteiger partial charge in [0.1, 0.15) is 6.10 Å². The second-order valence-electron chi connectivity index (χ2n) is 6.29. The Hall–Kier alpha value is -1.35. The number of hydrogen-bond acceptors (Lipinski definition) is 2. The Kier molecular flexibility index (Phi) is 3.79. The largest absolute Gasteiger partial charge is 0.368 e. The summed E-state index contributed by atoms with van der Waals surface area (Å²) in [5, 5.41) is 3.24. The average molecular weight is 273 g/mol. The molecule has 0 aromatic heterocycles. The molecule has 1 atom stereocenters. The fraction of sp³-hybridized carbons (Fsp3) is 0.588. The molecule has 20 heavy (non-hydrogen) atoms. The van der Waals surface area contributed by atoms with Crippen molar-refractivity contribution < 1.29 is 9.53 Å². The zero-order chi connectivity index (χ0) is 14.0. The third-order valence-corrected chi connectivity index (χ3v) is 4.34.